The lowest BCUT2D eigenvalue weighted by Crippen LogP contribution is -2.24. The Hall–Kier alpha value is -3.37. The molecule has 1 atom stereocenters. The number of aromatic nitrogens is 2. The smallest absolute Gasteiger partial charge is 0.270 e. The number of nitrogens with zero attached hydrogens (tertiary/aromatic N) is 2. The van der Waals surface area contributed by atoms with Crippen molar-refractivity contribution < 1.29 is 4.79 Å². The van der Waals surface area contributed by atoms with Crippen LogP contribution in [0.3, 0.4) is 0 Å². The molecule has 0 aliphatic heterocycles. The lowest BCUT2D eigenvalue weighted by molar-refractivity contribution is -0.115. The van der Waals surface area contributed by atoms with Crippen molar-refractivity contribution in [2.45, 2.75) is 38.1 Å². The topological polar surface area (TPSA) is 98.6 Å². The number of thioether (sulfide) groups is 1. The Morgan fingerprint density at radius 3 is 2.47 bits per heavy atom. The standard InChI is InChI=1S/C23H22N4O2S/c1-13-6-9-17(10-7-13)20-18(12-24)22(29)27-23(26-20)30-16(4)21(28)25-19-11-14(2)5-8-15(19)3/h5-11,16H,1-4H3,(H,25,28)(H,26,27,29)/t16-/m0/s1. The predicted octanol–water partition coefficient (Wildman–Crippen LogP) is 4.35. The molecule has 0 saturated heterocycles. The van der Waals surface area contributed by atoms with Crippen LogP contribution in [-0.2, 0) is 4.79 Å². The minimum atomic E-state index is -0.521. The molecule has 1 amide bonds. The van der Waals surface area contributed by atoms with Gasteiger partial charge in [-0.25, -0.2) is 4.98 Å². The second-order valence-corrected chi connectivity index (χ2v) is 8.47. The van der Waals surface area contributed by atoms with Crippen molar-refractivity contribution in [3.05, 3.63) is 75.1 Å². The molecule has 0 aliphatic carbocycles. The number of nitriles is 1. The number of nitrogens with one attached hydrogen (secondary N) is 2. The Bertz CT molecular complexity index is 1190. The molecule has 152 valence electrons. The molecular formula is C23H22N4O2S. The summed E-state index contributed by atoms with van der Waals surface area (Å²) in [6.45, 7) is 7.60. The summed E-state index contributed by atoms with van der Waals surface area (Å²) in [5.74, 6) is -0.197. The molecule has 30 heavy (non-hydrogen) atoms. The maximum atomic E-state index is 12.7. The van der Waals surface area contributed by atoms with Crippen LogP contribution < -0.4 is 10.9 Å². The summed E-state index contributed by atoms with van der Waals surface area (Å²) >= 11 is 1.14. The van der Waals surface area contributed by atoms with Crippen molar-refractivity contribution in [2.24, 2.45) is 0 Å². The molecule has 2 aromatic carbocycles. The molecule has 1 aromatic heterocycles. The summed E-state index contributed by atoms with van der Waals surface area (Å²) < 4.78 is 0. The highest BCUT2D eigenvalue weighted by Gasteiger charge is 2.19. The SMILES string of the molecule is Cc1ccc(-c2nc(S[C@@H](C)C(=O)Nc3cc(C)ccc3C)[nH]c(=O)c2C#N)cc1. The Kier molecular flexibility index (Phi) is 6.38. The van der Waals surface area contributed by atoms with Crippen molar-refractivity contribution in [1.29, 1.82) is 5.26 Å². The van der Waals surface area contributed by atoms with E-state index in [1.807, 2.05) is 69.3 Å². The summed E-state index contributed by atoms with van der Waals surface area (Å²) in [5.41, 5.74) is 4.27. The molecule has 3 aromatic rings. The van der Waals surface area contributed by atoms with Gasteiger partial charge in [-0.1, -0.05) is 53.7 Å². The zero-order chi connectivity index (χ0) is 21.8. The second-order valence-electron chi connectivity index (χ2n) is 7.14. The highest BCUT2D eigenvalue weighted by atomic mass is 32.2. The van der Waals surface area contributed by atoms with E-state index in [1.54, 1.807) is 6.92 Å². The van der Waals surface area contributed by atoms with Crippen LogP contribution in [-0.4, -0.2) is 21.1 Å². The largest absolute Gasteiger partial charge is 0.325 e. The lowest BCUT2D eigenvalue weighted by atomic mass is 10.1. The number of aromatic amines is 1. The maximum Gasteiger partial charge on any atom is 0.270 e. The first-order valence-corrected chi connectivity index (χ1v) is 10.3. The number of hydrogen-bond donors (Lipinski definition) is 2. The molecule has 7 heteroatoms. The van der Waals surface area contributed by atoms with E-state index < -0.39 is 10.8 Å². The van der Waals surface area contributed by atoms with E-state index in [0.717, 1.165) is 34.1 Å². The summed E-state index contributed by atoms with van der Waals surface area (Å²) in [4.78, 5) is 32.2. The second kappa shape index (κ2) is 8.97. The number of H-pyrrole nitrogens is 1. The molecule has 6 nitrogen and oxygen atoms in total. The summed E-state index contributed by atoms with van der Waals surface area (Å²) in [5, 5.41) is 12.1. The van der Waals surface area contributed by atoms with Crippen LogP contribution in [0.5, 0.6) is 0 Å². The number of rotatable bonds is 5. The molecule has 0 bridgehead atoms. The Balaban J connectivity index is 1.86. The maximum absolute atomic E-state index is 12.7. The Morgan fingerprint density at radius 1 is 1.13 bits per heavy atom. The first-order valence-electron chi connectivity index (χ1n) is 9.44. The highest BCUT2D eigenvalue weighted by molar-refractivity contribution is 8.00. The molecule has 0 spiro atoms. The van der Waals surface area contributed by atoms with Crippen molar-refractivity contribution in [1.82, 2.24) is 9.97 Å². The van der Waals surface area contributed by atoms with Crippen LogP contribution in [0.4, 0.5) is 5.69 Å². The zero-order valence-corrected chi connectivity index (χ0v) is 18.1. The predicted molar refractivity (Wildman–Crippen MR) is 120 cm³/mol. The van der Waals surface area contributed by atoms with E-state index in [4.69, 9.17) is 0 Å². The number of anilines is 1. The summed E-state index contributed by atoms with van der Waals surface area (Å²) in [6, 6.07) is 15.2. The molecule has 0 unspecified atom stereocenters. The fraction of sp³-hybridized carbons (Fsp3) is 0.217. The van der Waals surface area contributed by atoms with E-state index >= 15 is 0 Å². The molecule has 0 aliphatic rings. The molecular weight excluding hydrogens is 396 g/mol. The number of benzene rings is 2. The van der Waals surface area contributed by atoms with Crippen LogP contribution >= 0.6 is 11.8 Å². The molecule has 0 fully saturated rings. The molecule has 3 rings (SSSR count). The minimum absolute atomic E-state index is 0.0457. The van der Waals surface area contributed by atoms with Crippen molar-refractivity contribution in [2.75, 3.05) is 5.32 Å². The molecule has 1 heterocycles. The third kappa shape index (κ3) is 4.78. The highest BCUT2D eigenvalue weighted by Crippen LogP contribution is 2.26. The van der Waals surface area contributed by atoms with Gasteiger partial charge in [0, 0.05) is 11.3 Å². The normalized spacial score (nSPS) is 11.6. The molecule has 2 N–H and O–H groups in total. The van der Waals surface area contributed by atoms with Gasteiger partial charge in [-0.3, -0.25) is 9.59 Å². The quantitative estimate of drug-likeness (QED) is 0.474. The molecule has 0 radical (unpaired) electrons. The fourth-order valence-corrected chi connectivity index (χ4v) is 3.65. The van der Waals surface area contributed by atoms with E-state index in [2.05, 4.69) is 15.3 Å². The van der Waals surface area contributed by atoms with Crippen LogP contribution in [0.1, 0.15) is 29.2 Å². The van der Waals surface area contributed by atoms with Crippen LogP contribution in [0.15, 0.2) is 52.4 Å². The van der Waals surface area contributed by atoms with Gasteiger partial charge in [-0.2, -0.15) is 5.26 Å². The van der Waals surface area contributed by atoms with Gasteiger partial charge < -0.3 is 10.3 Å². The van der Waals surface area contributed by atoms with Crippen molar-refractivity contribution in [3.8, 4) is 17.3 Å². The van der Waals surface area contributed by atoms with Crippen molar-refractivity contribution >= 4 is 23.4 Å². The average Bonchev–Trinajstić information content (AvgIpc) is 2.71. The van der Waals surface area contributed by atoms with Gasteiger partial charge in [-0.05, 0) is 44.9 Å². The van der Waals surface area contributed by atoms with Gasteiger partial charge in [0.1, 0.15) is 11.6 Å². The Morgan fingerprint density at radius 2 is 1.80 bits per heavy atom. The molecule has 0 saturated carbocycles. The first kappa shape index (κ1) is 21.3. The summed E-state index contributed by atoms with van der Waals surface area (Å²) in [6.07, 6.45) is 0. The third-order valence-electron chi connectivity index (χ3n) is 4.64. The van der Waals surface area contributed by atoms with Gasteiger partial charge >= 0.3 is 0 Å². The first-order chi connectivity index (χ1) is 14.3. The Labute approximate surface area is 179 Å². The number of carbonyl (C=O) groups excluding carboxylic acids is 1. The van der Waals surface area contributed by atoms with Crippen LogP contribution in [0, 0.1) is 32.1 Å². The van der Waals surface area contributed by atoms with E-state index in [1.165, 1.54) is 0 Å². The number of hydrogen-bond acceptors (Lipinski definition) is 5. The third-order valence-corrected chi connectivity index (χ3v) is 5.63. The summed E-state index contributed by atoms with van der Waals surface area (Å²) in [7, 11) is 0. The zero-order valence-electron chi connectivity index (χ0n) is 17.2. The fourth-order valence-electron chi connectivity index (χ4n) is 2.86. The van der Waals surface area contributed by atoms with Crippen LogP contribution in [0.25, 0.3) is 11.3 Å². The average molecular weight is 419 g/mol. The number of amides is 1. The van der Waals surface area contributed by atoms with Crippen molar-refractivity contribution in [3.63, 3.8) is 0 Å². The minimum Gasteiger partial charge on any atom is -0.325 e. The van der Waals surface area contributed by atoms with Gasteiger partial charge in [-0.15, -0.1) is 0 Å². The number of aryl methyl sites for hydroxylation is 3. The van der Waals surface area contributed by atoms with E-state index in [-0.39, 0.29) is 16.6 Å². The van der Waals surface area contributed by atoms with Gasteiger partial charge in [0.2, 0.25) is 5.91 Å². The van der Waals surface area contributed by atoms with E-state index in [9.17, 15) is 14.9 Å². The van der Waals surface area contributed by atoms with Gasteiger partial charge in [0.25, 0.3) is 5.56 Å². The monoisotopic (exact) mass is 418 g/mol. The van der Waals surface area contributed by atoms with E-state index in [0.29, 0.717) is 11.3 Å². The van der Waals surface area contributed by atoms with Gasteiger partial charge in [0.05, 0.1) is 10.9 Å². The van der Waals surface area contributed by atoms with Crippen LogP contribution in [0.2, 0.25) is 0 Å². The van der Waals surface area contributed by atoms with Gasteiger partial charge in [0.15, 0.2) is 5.16 Å². The lowest BCUT2D eigenvalue weighted by Gasteiger charge is -2.14. The number of carbonyl (C=O) groups is 1.